The average Bonchev–Trinajstić information content (AvgIpc) is 3.14. The van der Waals surface area contributed by atoms with Crippen LogP contribution in [0.3, 0.4) is 0 Å². The Balaban J connectivity index is 1.62. The van der Waals surface area contributed by atoms with Crippen LogP contribution in [0.15, 0.2) is 48.7 Å². The van der Waals surface area contributed by atoms with Gasteiger partial charge >= 0.3 is 0 Å². The second-order valence-corrected chi connectivity index (χ2v) is 9.26. The van der Waals surface area contributed by atoms with Gasteiger partial charge in [-0.15, -0.1) is 11.3 Å². The SMILES string of the molecule is Cc1nc(-c2ccccc2)c(C(=O)N(C)C(C)CC(C)CNc2ccc(Cl)cn2)s1. The Hall–Kier alpha value is -2.44. The summed E-state index contributed by atoms with van der Waals surface area (Å²) in [5.74, 6) is 1.19. The Bertz CT molecular complexity index is 975. The molecular weight excluding hydrogens is 416 g/mol. The molecule has 5 nitrogen and oxygen atoms in total. The van der Waals surface area contributed by atoms with Crippen molar-refractivity contribution in [1.29, 1.82) is 0 Å². The summed E-state index contributed by atoms with van der Waals surface area (Å²) in [5.41, 5.74) is 1.74. The van der Waals surface area contributed by atoms with Crippen molar-refractivity contribution >= 4 is 34.7 Å². The highest BCUT2D eigenvalue weighted by molar-refractivity contribution is 7.14. The number of hydrogen-bond acceptors (Lipinski definition) is 5. The van der Waals surface area contributed by atoms with E-state index in [-0.39, 0.29) is 11.9 Å². The number of benzene rings is 1. The normalized spacial score (nSPS) is 13.0. The maximum absolute atomic E-state index is 13.2. The van der Waals surface area contributed by atoms with Crippen LogP contribution in [0.2, 0.25) is 5.02 Å². The molecular formula is C23H27ClN4OS. The van der Waals surface area contributed by atoms with Crippen molar-refractivity contribution in [3.05, 3.63) is 63.6 Å². The van der Waals surface area contributed by atoms with Gasteiger partial charge in [0.2, 0.25) is 0 Å². The van der Waals surface area contributed by atoms with Crippen LogP contribution in [0.4, 0.5) is 5.82 Å². The van der Waals surface area contributed by atoms with E-state index in [9.17, 15) is 4.79 Å². The Morgan fingerprint density at radius 2 is 1.93 bits per heavy atom. The van der Waals surface area contributed by atoms with Gasteiger partial charge in [0, 0.05) is 31.4 Å². The Morgan fingerprint density at radius 1 is 1.20 bits per heavy atom. The van der Waals surface area contributed by atoms with E-state index in [1.165, 1.54) is 11.3 Å². The van der Waals surface area contributed by atoms with Gasteiger partial charge < -0.3 is 10.2 Å². The number of thiazole rings is 1. The molecule has 0 fully saturated rings. The van der Waals surface area contributed by atoms with Crippen molar-refractivity contribution < 1.29 is 4.79 Å². The number of nitrogens with one attached hydrogen (secondary N) is 1. The van der Waals surface area contributed by atoms with Crippen LogP contribution in [-0.2, 0) is 0 Å². The van der Waals surface area contributed by atoms with Gasteiger partial charge in [0.05, 0.1) is 15.7 Å². The predicted molar refractivity (Wildman–Crippen MR) is 125 cm³/mol. The maximum atomic E-state index is 13.2. The van der Waals surface area contributed by atoms with E-state index in [0.717, 1.165) is 35.0 Å². The van der Waals surface area contributed by atoms with E-state index in [1.807, 2.05) is 61.3 Å². The molecule has 3 aromatic rings. The number of amides is 1. The van der Waals surface area contributed by atoms with Gasteiger partial charge in [-0.25, -0.2) is 9.97 Å². The lowest BCUT2D eigenvalue weighted by molar-refractivity contribution is 0.0733. The van der Waals surface area contributed by atoms with Crippen LogP contribution in [0, 0.1) is 12.8 Å². The molecule has 0 bridgehead atoms. The molecule has 1 amide bonds. The minimum absolute atomic E-state index is 0.0199. The summed E-state index contributed by atoms with van der Waals surface area (Å²) in [7, 11) is 1.87. The fourth-order valence-corrected chi connectivity index (χ4v) is 4.34. The van der Waals surface area contributed by atoms with Crippen molar-refractivity contribution in [3.8, 4) is 11.3 Å². The highest BCUT2D eigenvalue weighted by Gasteiger charge is 2.25. The molecule has 0 aliphatic heterocycles. The van der Waals surface area contributed by atoms with Gasteiger partial charge in [-0.2, -0.15) is 0 Å². The number of pyridine rings is 1. The molecule has 158 valence electrons. The zero-order valence-electron chi connectivity index (χ0n) is 17.7. The first-order chi connectivity index (χ1) is 14.3. The van der Waals surface area contributed by atoms with Crippen molar-refractivity contribution in [2.75, 3.05) is 18.9 Å². The van der Waals surface area contributed by atoms with Crippen molar-refractivity contribution in [2.24, 2.45) is 5.92 Å². The molecule has 0 saturated heterocycles. The summed E-state index contributed by atoms with van der Waals surface area (Å²) < 4.78 is 0. The lowest BCUT2D eigenvalue weighted by atomic mass is 10.0. The zero-order chi connectivity index (χ0) is 21.7. The summed E-state index contributed by atoms with van der Waals surface area (Å²) >= 11 is 7.34. The zero-order valence-corrected chi connectivity index (χ0v) is 19.3. The van der Waals surface area contributed by atoms with E-state index in [2.05, 4.69) is 29.1 Å². The lowest BCUT2D eigenvalue weighted by Crippen LogP contribution is -2.36. The molecule has 2 aromatic heterocycles. The van der Waals surface area contributed by atoms with Crippen molar-refractivity contribution in [2.45, 2.75) is 33.2 Å². The summed E-state index contributed by atoms with van der Waals surface area (Å²) in [6, 6.07) is 13.7. The standard InChI is InChI=1S/C23H27ClN4OS/c1-15(13-25-20-11-10-19(24)14-26-20)12-16(2)28(4)23(29)22-21(27-17(3)30-22)18-8-6-5-7-9-18/h5-11,14-16H,12-13H2,1-4H3,(H,25,26). The molecule has 3 rings (SSSR count). The summed E-state index contributed by atoms with van der Waals surface area (Å²) in [6.45, 7) is 6.97. The van der Waals surface area contributed by atoms with Crippen LogP contribution >= 0.6 is 22.9 Å². The first-order valence-corrected chi connectivity index (χ1v) is 11.2. The number of carbonyl (C=O) groups is 1. The molecule has 30 heavy (non-hydrogen) atoms. The van der Waals surface area contributed by atoms with Crippen LogP contribution < -0.4 is 5.32 Å². The van der Waals surface area contributed by atoms with Gasteiger partial charge in [-0.3, -0.25) is 4.79 Å². The van der Waals surface area contributed by atoms with Gasteiger partial charge in [-0.1, -0.05) is 48.9 Å². The molecule has 0 saturated carbocycles. The summed E-state index contributed by atoms with van der Waals surface area (Å²) in [4.78, 5) is 24.7. The molecule has 2 unspecified atom stereocenters. The van der Waals surface area contributed by atoms with Crippen molar-refractivity contribution in [1.82, 2.24) is 14.9 Å². The molecule has 0 spiro atoms. The molecule has 2 atom stereocenters. The highest BCUT2D eigenvalue weighted by Crippen LogP contribution is 2.29. The first-order valence-electron chi connectivity index (χ1n) is 10.0. The monoisotopic (exact) mass is 442 g/mol. The number of halogens is 1. The van der Waals surface area contributed by atoms with Crippen LogP contribution in [0.25, 0.3) is 11.3 Å². The number of aryl methyl sites for hydroxylation is 1. The van der Waals surface area contributed by atoms with E-state index in [1.54, 1.807) is 6.20 Å². The summed E-state index contributed by atoms with van der Waals surface area (Å²) in [5, 5.41) is 4.85. The Labute approximate surface area is 187 Å². The topological polar surface area (TPSA) is 58.1 Å². The predicted octanol–water partition coefficient (Wildman–Crippen LogP) is 5.77. The van der Waals surface area contributed by atoms with Crippen LogP contribution in [0.5, 0.6) is 0 Å². The van der Waals surface area contributed by atoms with Gasteiger partial charge in [0.15, 0.2) is 0 Å². The average molecular weight is 443 g/mol. The molecule has 7 heteroatoms. The number of rotatable bonds is 8. The molecule has 1 aromatic carbocycles. The van der Waals surface area contributed by atoms with Crippen LogP contribution in [-0.4, -0.2) is 40.4 Å². The molecule has 0 aliphatic carbocycles. The number of carbonyl (C=O) groups excluding carboxylic acids is 1. The fourth-order valence-electron chi connectivity index (χ4n) is 3.31. The fraction of sp³-hybridized carbons (Fsp3) is 0.348. The van der Waals surface area contributed by atoms with Crippen LogP contribution in [0.1, 0.15) is 34.9 Å². The largest absolute Gasteiger partial charge is 0.370 e. The second-order valence-electron chi connectivity index (χ2n) is 7.63. The van der Waals surface area contributed by atoms with E-state index < -0.39 is 0 Å². The third kappa shape index (κ3) is 5.58. The maximum Gasteiger partial charge on any atom is 0.266 e. The molecule has 1 N–H and O–H groups in total. The molecule has 0 aliphatic rings. The Kier molecular flexibility index (Phi) is 7.45. The first kappa shape index (κ1) is 22.2. The van der Waals surface area contributed by atoms with Crippen molar-refractivity contribution in [3.63, 3.8) is 0 Å². The Morgan fingerprint density at radius 3 is 2.60 bits per heavy atom. The third-order valence-electron chi connectivity index (χ3n) is 5.06. The smallest absolute Gasteiger partial charge is 0.266 e. The van der Waals surface area contributed by atoms with E-state index in [4.69, 9.17) is 11.6 Å². The van der Waals surface area contributed by atoms with E-state index in [0.29, 0.717) is 15.8 Å². The quantitative estimate of drug-likeness (QED) is 0.481. The number of hydrogen-bond donors (Lipinski definition) is 1. The summed E-state index contributed by atoms with van der Waals surface area (Å²) in [6.07, 6.45) is 2.51. The second kappa shape index (κ2) is 10.0. The highest BCUT2D eigenvalue weighted by atomic mass is 35.5. The van der Waals surface area contributed by atoms with Gasteiger partial charge in [-0.05, 0) is 38.3 Å². The number of aromatic nitrogens is 2. The van der Waals surface area contributed by atoms with Gasteiger partial charge in [0.1, 0.15) is 10.7 Å². The minimum atomic E-state index is 0.0199. The third-order valence-corrected chi connectivity index (χ3v) is 6.24. The lowest BCUT2D eigenvalue weighted by Gasteiger charge is -2.27. The number of nitrogens with zero attached hydrogens (tertiary/aromatic N) is 3. The van der Waals surface area contributed by atoms with E-state index >= 15 is 0 Å². The van der Waals surface area contributed by atoms with Gasteiger partial charge in [0.25, 0.3) is 5.91 Å². The number of anilines is 1. The molecule has 0 radical (unpaired) electrons. The molecule has 2 heterocycles. The minimum Gasteiger partial charge on any atom is -0.370 e.